The average Bonchev–Trinajstić information content (AvgIpc) is 3.34. The summed E-state index contributed by atoms with van der Waals surface area (Å²) < 4.78 is 1.69. The van der Waals surface area contributed by atoms with Gasteiger partial charge in [-0.25, -0.2) is 4.98 Å². The van der Waals surface area contributed by atoms with Gasteiger partial charge in [-0.3, -0.25) is 14.5 Å². The third-order valence-corrected chi connectivity index (χ3v) is 5.82. The average molecular weight is 397 g/mol. The lowest BCUT2D eigenvalue weighted by Gasteiger charge is -2.25. The molecule has 8 heteroatoms. The van der Waals surface area contributed by atoms with Crippen molar-refractivity contribution in [3.8, 4) is 0 Å². The van der Waals surface area contributed by atoms with Crippen molar-refractivity contribution in [1.29, 1.82) is 0 Å². The molecule has 4 heterocycles. The number of amides is 1. The van der Waals surface area contributed by atoms with E-state index in [0.29, 0.717) is 5.56 Å². The Hall–Kier alpha value is -2.74. The van der Waals surface area contributed by atoms with Crippen LogP contribution in [0.3, 0.4) is 0 Å². The van der Waals surface area contributed by atoms with Gasteiger partial charge in [-0.2, -0.15) is 5.10 Å². The van der Waals surface area contributed by atoms with E-state index in [-0.39, 0.29) is 11.9 Å². The summed E-state index contributed by atoms with van der Waals surface area (Å²) >= 11 is 1.58. The number of hydrogen-bond acceptors (Lipinski definition) is 6. The van der Waals surface area contributed by atoms with Crippen LogP contribution in [0.2, 0.25) is 0 Å². The zero-order valence-corrected chi connectivity index (χ0v) is 17.4. The zero-order chi connectivity index (χ0) is 19.8. The van der Waals surface area contributed by atoms with E-state index in [1.807, 2.05) is 50.2 Å². The minimum atomic E-state index is -0.0226. The first-order valence-corrected chi connectivity index (χ1v) is 10.3. The first-order chi connectivity index (χ1) is 13.4. The second-order valence-electron chi connectivity index (χ2n) is 7.30. The Bertz CT molecular complexity index is 1020. The van der Waals surface area contributed by atoms with Crippen molar-refractivity contribution in [3.63, 3.8) is 0 Å². The molecule has 1 N–H and O–H groups in total. The maximum atomic E-state index is 13.1. The largest absolute Gasteiger partial charge is 0.331 e. The van der Waals surface area contributed by atoms with Crippen LogP contribution < -0.4 is 5.32 Å². The van der Waals surface area contributed by atoms with E-state index in [2.05, 4.69) is 15.4 Å². The number of carbonyl (C=O) groups is 1. The van der Waals surface area contributed by atoms with Gasteiger partial charge in [0.2, 0.25) is 0 Å². The van der Waals surface area contributed by atoms with Crippen molar-refractivity contribution in [2.75, 3.05) is 11.9 Å². The Morgan fingerprint density at radius 3 is 2.71 bits per heavy atom. The molecule has 3 aromatic rings. The highest BCUT2D eigenvalue weighted by atomic mass is 32.1. The fourth-order valence-electron chi connectivity index (χ4n) is 3.75. The van der Waals surface area contributed by atoms with Crippen LogP contribution in [0, 0.1) is 20.8 Å². The van der Waals surface area contributed by atoms with Gasteiger partial charge in [0.25, 0.3) is 5.91 Å². The molecule has 1 aliphatic rings. The molecule has 1 amide bonds. The Labute approximate surface area is 168 Å². The molecule has 1 aliphatic heterocycles. The summed E-state index contributed by atoms with van der Waals surface area (Å²) in [5.41, 5.74) is 5.22. The van der Waals surface area contributed by atoms with Crippen LogP contribution in [0.1, 0.15) is 52.0 Å². The summed E-state index contributed by atoms with van der Waals surface area (Å²) in [6.45, 7) is 6.57. The van der Waals surface area contributed by atoms with E-state index >= 15 is 0 Å². The summed E-state index contributed by atoms with van der Waals surface area (Å²) in [7, 11) is 1.84. The molecule has 0 saturated carbocycles. The third-order valence-electron chi connectivity index (χ3n) is 4.94. The quantitative estimate of drug-likeness (QED) is 0.723. The van der Waals surface area contributed by atoms with Gasteiger partial charge >= 0.3 is 0 Å². The lowest BCUT2D eigenvalue weighted by atomic mass is 10.1. The fourth-order valence-corrected chi connectivity index (χ4v) is 4.46. The van der Waals surface area contributed by atoms with Crippen molar-refractivity contribution in [2.45, 2.75) is 39.7 Å². The summed E-state index contributed by atoms with van der Waals surface area (Å²) in [5.74, 6) is 0.0291. The predicted molar refractivity (Wildman–Crippen MR) is 110 cm³/mol. The number of pyridine rings is 1. The number of aromatic nitrogens is 4. The highest BCUT2D eigenvalue weighted by Gasteiger charge is 2.33. The molecule has 28 heavy (non-hydrogen) atoms. The van der Waals surface area contributed by atoms with E-state index in [1.165, 1.54) is 0 Å². The molecule has 1 atom stereocenters. The van der Waals surface area contributed by atoms with Crippen molar-refractivity contribution >= 4 is 28.1 Å². The second kappa shape index (κ2) is 7.35. The van der Waals surface area contributed by atoms with Crippen LogP contribution in [-0.4, -0.2) is 37.1 Å². The van der Waals surface area contributed by atoms with Gasteiger partial charge in [0, 0.05) is 36.6 Å². The topological polar surface area (TPSA) is 75.9 Å². The molecule has 0 spiro atoms. The van der Waals surface area contributed by atoms with Crippen molar-refractivity contribution in [2.24, 2.45) is 7.05 Å². The van der Waals surface area contributed by atoms with Gasteiger partial charge in [-0.1, -0.05) is 0 Å². The minimum Gasteiger partial charge on any atom is -0.331 e. The minimum absolute atomic E-state index is 0.0226. The summed E-state index contributed by atoms with van der Waals surface area (Å²) in [6, 6.07) is 4.02. The zero-order valence-electron chi connectivity index (χ0n) is 16.6. The number of rotatable bonds is 4. The molecule has 0 radical (unpaired) electrons. The van der Waals surface area contributed by atoms with E-state index < -0.39 is 0 Å². The molecule has 3 aromatic heterocycles. The lowest BCUT2D eigenvalue weighted by Crippen LogP contribution is -2.31. The van der Waals surface area contributed by atoms with Crippen molar-refractivity contribution < 1.29 is 4.79 Å². The normalized spacial score (nSPS) is 16.6. The SMILES string of the molecule is Cc1cc(Nc2nc(C)cs2)cc([C@H]2CCCN2C(=O)c2cn(C)nc2C)n1. The van der Waals surface area contributed by atoms with Crippen LogP contribution in [0.15, 0.2) is 23.7 Å². The maximum absolute atomic E-state index is 13.1. The van der Waals surface area contributed by atoms with Crippen LogP contribution >= 0.6 is 11.3 Å². The molecule has 0 aromatic carbocycles. The number of nitrogens with one attached hydrogen (secondary N) is 1. The van der Waals surface area contributed by atoms with E-state index in [1.54, 1.807) is 22.2 Å². The molecule has 146 valence electrons. The van der Waals surface area contributed by atoms with Gasteiger partial charge < -0.3 is 10.2 Å². The van der Waals surface area contributed by atoms with E-state index in [9.17, 15) is 4.79 Å². The number of hydrogen-bond donors (Lipinski definition) is 1. The molecule has 0 aliphatic carbocycles. The number of carbonyl (C=O) groups excluding carboxylic acids is 1. The Morgan fingerprint density at radius 2 is 2.04 bits per heavy atom. The Morgan fingerprint density at radius 1 is 1.21 bits per heavy atom. The fraction of sp³-hybridized carbons (Fsp3) is 0.400. The third kappa shape index (κ3) is 3.64. The number of aryl methyl sites for hydroxylation is 4. The number of likely N-dealkylation sites (tertiary alicyclic amines) is 1. The van der Waals surface area contributed by atoms with Crippen LogP contribution in [0.5, 0.6) is 0 Å². The monoisotopic (exact) mass is 396 g/mol. The molecule has 1 fully saturated rings. The van der Waals surface area contributed by atoms with E-state index in [4.69, 9.17) is 4.98 Å². The molecule has 0 unspecified atom stereocenters. The molecule has 0 bridgehead atoms. The van der Waals surface area contributed by atoms with Gasteiger partial charge in [-0.15, -0.1) is 11.3 Å². The van der Waals surface area contributed by atoms with Crippen LogP contribution in [-0.2, 0) is 7.05 Å². The van der Waals surface area contributed by atoms with Crippen molar-refractivity contribution in [1.82, 2.24) is 24.6 Å². The molecule has 7 nitrogen and oxygen atoms in total. The van der Waals surface area contributed by atoms with Gasteiger partial charge in [0.05, 0.1) is 28.7 Å². The summed E-state index contributed by atoms with van der Waals surface area (Å²) in [6.07, 6.45) is 3.69. The summed E-state index contributed by atoms with van der Waals surface area (Å²) in [5, 5.41) is 10.6. The van der Waals surface area contributed by atoms with Gasteiger partial charge in [0.1, 0.15) is 0 Å². The van der Waals surface area contributed by atoms with Gasteiger partial charge in [0.15, 0.2) is 5.13 Å². The molecule has 1 saturated heterocycles. The maximum Gasteiger partial charge on any atom is 0.257 e. The molecular weight excluding hydrogens is 372 g/mol. The molecular formula is C20H24N6OS. The highest BCUT2D eigenvalue weighted by molar-refractivity contribution is 7.13. The number of thiazole rings is 1. The predicted octanol–water partition coefficient (Wildman–Crippen LogP) is 3.92. The first-order valence-electron chi connectivity index (χ1n) is 9.39. The van der Waals surface area contributed by atoms with Gasteiger partial charge in [-0.05, 0) is 45.7 Å². The number of nitrogens with zero attached hydrogens (tertiary/aromatic N) is 5. The highest BCUT2D eigenvalue weighted by Crippen LogP contribution is 2.34. The van der Waals surface area contributed by atoms with Crippen LogP contribution in [0.4, 0.5) is 10.8 Å². The van der Waals surface area contributed by atoms with Crippen LogP contribution in [0.25, 0.3) is 0 Å². The van der Waals surface area contributed by atoms with Crippen molar-refractivity contribution in [3.05, 3.63) is 52.0 Å². The second-order valence-corrected chi connectivity index (χ2v) is 8.16. The Balaban J connectivity index is 1.62. The number of anilines is 2. The molecule has 4 rings (SSSR count). The summed E-state index contributed by atoms with van der Waals surface area (Å²) in [4.78, 5) is 24.3. The lowest BCUT2D eigenvalue weighted by molar-refractivity contribution is 0.0732. The smallest absolute Gasteiger partial charge is 0.257 e. The standard InChI is InChI=1S/C20H24N6OS/c1-12-8-15(23-20-22-13(2)11-28-20)9-17(21-12)18-6-5-7-26(18)19(27)16-10-25(4)24-14(16)3/h8-11,18H,5-7H2,1-4H3,(H,21,22,23)/t18-/m1/s1. The Kier molecular flexibility index (Phi) is 4.89. The first kappa shape index (κ1) is 18.6. The van der Waals surface area contributed by atoms with E-state index in [0.717, 1.165) is 53.0 Å².